The molecule has 1 aliphatic rings. The SMILES string of the molecule is CC(C)=CCON1C(C)(C)CCCC1(C)C. The normalized spacial score (nSPS) is 24.1. The zero-order valence-electron chi connectivity index (χ0n) is 11.8. The summed E-state index contributed by atoms with van der Waals surface area (Å²) in [7, 11) is 0. The molecule has 0 saturated carbocycles. The van der Waals surface area contributed by atoms with Crippen molar-refractivity contribution in [2.24, 2.45) is 0 Å². The molecule has 0 unspecified atom stereocenters. The maximum absolute atomic E-state index is 5.98. The number of piperidine rings is 1. The Hall–Kier alpha value is -0.340. The summed E-state index contributed by atoms with van der Waals surface area (Å²) in [5.41, 5.74) is 1.61. The van der Waals surface area contributed by atoms with Gasteiger partial charge in [-0.05, 0) is 60.8 Å². The molecule has 16 heavy (non-hydrogen) atoms. The minimum Gasteiger partial charge on any atom is -0.294 e. The van der Waals surface area contributed by atoms with Crippen LogP contribution >= 0.6 is 0 Å². The van der Waals surface area contributed by atoms with E-state index in [2.05, 4.69) is 52.7 Å². The van der Waals surface area contributed by atoms with Crippen LogP contribution in [-0.2, 0) is 4.84 Å². The van der Waals surface area contributed by atoms with Gasteiger partial charge in [0.15, 0.2) is 0 Å². The van der Waals surface area contributed by atoms with Gasteiger partial charge < -0.3 is 0 Å². The fourth-order valence-electron chi connectivity index (χ4n) is 2.60. The average Bonchev–Trinajstić information content (AvgIpc) is 2.08. The van der Waals surface area contributed by atoms with Crippen LogP contribution in [0.25, 0.3) is 0 Å². The monoisotopic (exact) mass is 225 g/mol. The Labute approximate surface area is 101 Å². The topological polar surface area (TPSA) is 12.5 Å². The maximum Gasteiger partial charge on any atom is 0.0869 e. The lowest BCUT2D eigenvalue weighted by atomic mass is 9.82. The molecular weight excluding hydrogens is 198 g/mol. The van der Waals surface area contributed by atoms with Crippen LogP contribution in [0.1, 0.15) is 60.8 Å². The molecule has 0 aromatic rings. The lowest BCUT2D eigenvalue weighted by Gasteiger charge is -2.51. The van der Waals surface area contributed by atoms with E-state index in [0.717, 1.165) is 0 Å². The largest absolute Gasteiger partial charge is 0.294 e. The van der Waals surface area contributed by atoms with Crippen LogP contribution in [0.2, 0.25) is 0 Å². The Bertz CT molecular complexity index is 246. The molecule has 1 saturated heterocycles. The molecule has 2 nitrogen and oxygen atoms in total. The van der Waals surface area contributed by atoms with Gasteiger partial charge in [-0.2, -0.15) is 5.06 Å². The predicted molar refractivity (Wildman–Crippen MR) is 69.2 cm³/mol. The molecule has 1 heterocycles. The first-order valence-corrected chi connectivity index (χ1v) is 6.32. The molecule has 0 aliphatic carbocycles. The molecule has 0 aromatic carbocycles. The molecule has 0 radical (unpaired) electrons. The second-order valence-electron chi connectivity index (χ2n) is 6.35. The van der Waals surface area contributed by atoms with Crippen molar-refractivity contribution >= 4 is 0 Å². The summed E-state index contributed by atoms with van der Waals surface area (Å²) in [6, 6.07) is 0. The van der Waals surface area contributed by atoms with E-state index in [4.69, 9.17) is 4.84 Å². The van der Waals surface area contributed by atoms with Gasteiger partial charge in [-0.25, -0.2) is 0 Å². The number of allylic oxidation sites excluding steroid dienone is 1. The highest BCUT2D eigenvalue weighted by atomic mass is 16.7. The van der Waals surface area contributed by atoms with Crippen LogP contribution in [0.5, 0.6) is 0 Å². The lowest BCUT2D eigenvalue weighted by Crippen LogP contribution is -2.58. The van der Waals surface area contributed by atoms with Gasteiger partial charge in [0.1, 0.15) is 0 Å². The number of rotatable bonds is 3. The number of nitrogens with zero attached hydrogens (tertiary/aromatic N) is 1. The highest BCUT2D eigenvalue weighted by Gasteiger charge is 2.42. The van der Waals surface area contributed by atoms with Gasteiger partial charge in [-0.3, -0.25) is 4.84 Å². The van der Waals surface area contributed by atoms with Crippen molar-refractivity contribution in [1.29, 1.82) is 0 Å². The van der Waals surface area contributed by atoms with Gasteiger partial charge in [-0.15, -0.1) is 0 Å². The van der Waals surface area contributed by atoms with E-state index in [1.54, 1.807) is 0 Å². The summed E-state index contributed by atoms with van der Waals surface area (Å²) in [6.45, 7) is 14.0. The van der Waals surface area contributed by atoms with Gasteiger partial charge >= 0.3 is 0 Å². The molecule has 1 fully saturated rings. The molecule has 1 aliphatic heterocycles. The third kappa shape index (κ3) is 3.33. The molecule has 0 spiro atoms. The minimum atomic E-state index is 0.150. The Balaban J connectivity index is 2.68. The summed E-state index contributed by atoms with van der Waals surface area (Å²) in [6.07, 6.45) is 5.86. The van der Waals surface area contributed by atoms with Crippen molar-refractivity contribution in [2.75, 3.05) is 6.61 Å². The van der Waals surface area contributed by atoms with Crippen molar-refractivity contribution in [3.8, 4) is 0 Å². The number of hydroxylamine groups is 2. The fourth-order valence-corrected chi connectivity index (χ4v) is 2.60. The summed E-state index contributed by atoms with van der Waals surface area (Å²) in [4.78, 5) is 5.98. The minimum absolute atomic E-state index is 0.150. The Morgan fingerprint density at radius 1 is 1.12 bits per heavy atom. The molecule has 0 bridgehead atoms. The van der Waals surface area contributed by atoms with Crippen LogP contribution in [0.3, 0.4) is 0 Å². The van der Waals surface area contributed by atoms with E-state index in [0.29, 0.717) is 6.61 Å². The van der Waals surface area contributed by atoms with Crippen LogP contribution < -0.4 is 0 Å². The van der Waals surface area contributed by atoms with Gasteiger partial charge in [0.2, 0.25) is 0 Å². The Morgan fingerprint density at radius 3 is 2.06 bits per heavy atom. The van der Waals surface area contributed by atoms with E-state index in [-0.39, 0.29) is 11.1 Å². The van der Waals surface area contributed by atoms with Crippen molar-refractivity contribution in [2.45, 2.75) is 71.9 Å². The second-order valence-corrected chi connectivity index (χ2v) is 6.35. The number of hydrogen-bond donors (Lipinski definition) is 0. The molecule has 0 atom stereocenters. The van der Waals surface area contributed by atoms with Crippen LogP contribution in [-0.4, -0.2) is 22.7 Å². The van der Waals surface area contributed by atoms with Crippen LogP contribution in [0.15, 0.2) is 11.6 Å². The Kier molecular flexibility index (Phi) is 4.19. The Morgan fingerprint density at radius 2 is 1.62 bits per heavy atom. The first-order valence-electron chi connectivity index (χ1n) is 6.32. The molecule has 0 aromatic heterocycles. The molecular formula is C14H27NO. The highest BCUT2D eigenvalue weighted by molar-refractivity contribution is 4.95. The first kappa shape index (κ1) is 13.7. The van der Waals surface area contributed by atoms with Crippen molar-refractivity contribution in [1.82, 2.24) is 5.06 Å². The highest BCUT2D eigenvalue weighted by Crippen LogP contribution is 2.38. The van der Waals surface area contributed by atoms with Gasteiger partial charge in [0.05, 0.1) is 6.61 Å². The van der Waals surface area contributed by atoms with Crippen LogP contribution in [0, 0.1) is 0 Å². The summed E-state index contributed by atoms with van der Waals surface area (Å²) in [5, 5.41) is 2.21. The molecule has 0 N–H and O–H groups in total. The summed E-state index contributed by atoms with van der Waals surface area (Å²) >= 11 is 0. The second kappa shape index (κ2) is 4.89. The first-order chi connectivity index (χ1) is 7.26. The zero-order chi connectivity index (χ0) is 12.4. The smallest absolute Gasteiger partial charge is 0.0869 e. The van der Waals surface area contributed by atoms with Gasteiger partial charge in [-0.1, -0.05) is 11.6 Å². The average molecular weight is 225 g/mol. The maximum atomic E-state index is 5.98. The summed E-state index contributed by atoms with van der Waals surface area (Å²) < 4.78 is 0. The number of hydrogen-bond acceptors (Lipinski definition) is 2. The van der Waals surface area contributed by atoms with E-state index >= 15 is 0 Å². The zero-order valence-corrected chi connectivity index (χ0v) is 11.8. The fraction of sp³-hybridized carbons (Fsp3) is 0.857. The van der Waals surface area contributed by atoms with Gasteiger partial charge in [0.25, 0.3) is 0 Å². The molecule has 2 heteroatoms. The quantitative estimate of drug-likeness (QED) is 0.675. The summed E-state index contributed by atoms with van der Waals surface area (Å²) in [5.74, 6) is 0. The third-order valence-electron chi connectivity index (χ3n) is 3.37. The van der Waals surface area contributed by atoms with Crippen molar-refractivity contribution in [3.05, 3.63) is 11.6 Å². The van der Waals surface area contributed by atoms with Crippen LogP contribution in [0.4, 0.5) is 0 Å². The predicted octanol–water partition coefficient (Wildman–Crippen LogP) is 3.93. The van der Waals surface area contributed by atoms with E-state index in [1.807, 2.05) is 0 Å². The van der Waals surface area contributed by atoms with E-state index < -0.39 is 0 Å². The van der Waals surface area contributed by atoms with Crippen molar-refractivity contribution < 1.29 is 4.84 Å². The third-order valence-corrected chi connectivity index (χ3v) is 3.37. The lowest BCUT2D eigenvalue weighted by molar-refractivity contribution is -0.274. The van der Waals surface area contributed by atoms with Crippen molar-refractivity contribution in [3.63, 3.8) is 0 Å². The van der Waals surface area contributed by atoms with Gasteiger partial charge in [0, 0.05) is 11.1 Å². The molecule has 1 rings (SSSR count). The standard InChI is InChI=1S/C14H27NO/c1-12(2)8-11-16-15-13(3,4)9-7-10-14(15,5)6/h8H,7,9-11H2,1-6H3. The molecule has 0 amide bonds. The van der Waals surface area contributed by atoms with E-state index in [1.165, 1.54) is 24.8 Å². The molecule has 94 valence electrons. The van der Waals surface area contributed by atoms with E-state index in [9.17, 15) is 0 Å².